The second kappa shape index (κ2) is 7.19. The van der Waals surface area contributed by atoms with Crippen LogP contribution in [-0.2, 0) is 10.3 Å². The van der Waals surface area contributed by atoms with E-state index in [4.69, 9.17) is 4.74 Å². The van der Waals surface area contributed by atoms with Crippen LogP contribution in [0, 0.1) is 5.82 Å². The Morgan fingerprint density at radius 3 is 2.30 bits per heavy atom. The number of nitrogens with zero attached hydrogens (tertiary/aromatic N) is 1. The van der Waals surface area contributed by atoms with Crippen molar-refractivity contribution in [3.63, 3.8) is 0 Å². The Morgan fingerprint density at radius 2 is 1.74 bits per heavy atom. The fourth-order valence-corrected chi connectivity index (χ4v) is 3.16. The van der Waals surface area contributed by atoms with E-state index in [0.29, 0.717) is 16.9 Å². The summed E-state index contributed by atoms with van der Waals surface area (Å²) >= 11 is 0. The quantitative estimate of drug-likeness (QED) is 0.627. The van der Waals surface area contributed by atoms with Crippen molar-refractivity contribution in [3.8, 4) is 5.75 Å². The molecule has 0 unspecified atom stereocenters. The first-order valence-electron chi connectivity index (χ1n) is 8.48. The van der Waals surface area contributed by atoms with E-state index in [9.17, 15) is 18.8 Å². The Morgan fingerprint density at radius 1 is 1.11 bits per heavy atom. The lowest BCUT2D eigenvalue weighted by molar-refractivity contribution is -0.131. The molecule has 7 heteroatoms. The van der Waals surface area contributed by atoms with Gasteiger partial charge in [-0.15, -0.1) is 0 Å². The smallest absolute Gasteiger partial charge is 0.325 e. The SMILES string of the molecule is CC[C@@]1(c2ccc(F)cc2)NC(=O)N(CC(=O)c2ccc(OC)cc2)C1=O. The number of rotatable bonds is 6. The average Bonchev–Trinajstić information content (AvgIpc) is 2.93. The van der Waals surface area contributed by atoms with Gasteiger partial charge in [0.15, 0.2) is 5.78 Å². The van der Waals surface area contributed by atoms with Gasteiger partial charge >= 0.3 is 6.03 Å². The number of imide groups is 1. The van der Waals surface area contributed by atoms with Gasteiger partial charge < -0.3 is 10.1 Å². The van der Waals surface area contributed by atoms with Crippen molar-refractivity contribution in [2.75, 3.05) is 13.7 Å². The van der Waals surface area contributed by atoms with Crippen LogP contribution < -0.4 is 10.1 Å². The van der Waals surface area contributed by atoms with E-state index in [2.05, 4.69) is 5.32 Å². The Bertz CT molecular complexity index is 880. The highest BCUT2D eigenvalue weighted by Gasteiger charge is 2.51. The molecule has 0 aromatic heterocycles. The standard InChI is InChI=1S/C20H19FN2O4/c1-3-20(14-6-8-15(21)9-7-14)18(25)23(19(26)22-20)12-17(24)13-4-10-16(27-2)11-5-13/h4-11H,3,12H2,1-2H3,(H,22,26)/t20-/m0/s1. The number of carbonyl (C=O) groups excluding carboxylic acids is 3. The maximum atomic E-state index is 13.2. The number of amides is 3. The summed E-state index contributed by atoms with van der Waals surface area (Å²) in [5.41, 5.74) is -0.457. The minimum absolute atomic E-state index is 0.274. The molecular weight excluding hydrogens is 351 g/mol. The van der Waals surface area contributed by atoms with Crippen molar-refractivity contribution in [2.24, 2.45) is 0 Å². The number of urea groups is 1. The summed E-state index contributed by atoms with van der Waals surface area (Å²) in [5.74, 6) is -0.730. The Labute approximate surface area is 155 Å². The van der Waals surface area contributed by atoms with Gasteiger partial charge in [0.25, 0.3) is 5.91 Å². The first kappa shape index (κ1) is 18.6. The highest BCUT2D eigenvalue weighted by Crippen LogP contribution is 2.32. The van der Waals surface area contributed by atoms with Gasteiger partial charge in [-0.1, -0.05) is 19.1 Å². The predicted octanol–water partition coefficient (Wildman–Crippen LogP) is 2.87. The molecule has 1 atom stereocenters. The van der Waals surface area contributed by atoms with Crippen molar-refractivity contribution in [3.05, 3.63) is 65.5 Å². The summed E-state index contributed by atoms with van der Waals surface area (Å²) < 4.78 is 18.3. The number of hydrogen-bond donors (Lipinski definition) is 1. The topological polar surface area (TPSA) is 75.7 Å². The van der Waals surface area contributed by atoms with Gasteiger partial charge in [-0.2, -0.15) is 0 Å². The number of halogens is 1. The number of hydrogen-bond acceptors (Lipinski definition) is 4. The molecule has 6 nitrogen and oxygen atoms in total. The molecule has 3 amide bonds. The average molecular weight is 370 g/mol. The van der Waals surface area contributed by atoms with Crippen LogP contribution in [0.25, 0.3) is 0 Å². The number of Topliss-reactive ketones (excluding diaryl/α,β-unsaturated/α-hetero) is 1. The summed E-state index contributed by atoms with van der Waals surface area (Å²) in [6.45, 7) is 1.37. The molecule has 1 heterocycles. The van der Waals surface area contributed by atoms with E-state index in [-0.39, 0.29) is 18.7 Å². The summed E-state index contributed by atoms with van der Waals surface area (Å²) in [5, 5.41) is 2.67. The fraction of sp³-hybridized carbons (Fsp3) is 0.250. The number of carbonyl (C=O) groups is 3. The largest absolute Gasteiger partial charge is 0.497 e. The lowest BCUT2D eigenvalue weighted by Crippen LogP contribution is -2.43. The third-order valence-electron chi connectivity index (χ3n) is 4.76. The lowest BCUT2D eigenvalue weighted by atomic mass is 9.87. The second-order valence-electron chi connectivity index (χ2n) is 6.24. The van der Waals surface area contributed by atoms with Crippen LogP contribution in [0.3, 0.4) is 0 Å². The number of methoxy groups -OCH3 is 1. The minimum atomic E-state index is -1.30. The number of benzene rings is 2. The molecule has 140 valence electrons. The summed E-state index contributed by atoms with van der Waals surface area (Å²) in [6, 6.07) is 11.2. The normalized spacial score (nSPS) is 19.1. The van der Waals surface area contributed by atoms with Gasteiger partial charge in [0, 0.05) is 5.56 Å². The molecule has 1 fully saturated rings. The van der Waals surface area contributed by atoms with Crippen molar-refractivity contribution < 1.29 is 23.5 Å². The summed E-state index contributed by atoms with van der Waals surface area (Å²) in [7, 11) is 1.52. The molecule has 1 N–H and O–H groups in total. The second-order valence-corrected chi connectivity index (χ2v) is 6.24. The molecule has 1 aliphatic rings. The number of nitrogens with one attached hydrogen (secondary N) is 1. The molecule has 0 spiro atoms. The van der Waals surface area contributed by atoms with Crippen LogP contribution in [-0.4, -0.2) is 36.3 Å². The van der Waals surface area contributed by atoms with Crippen molar-refractivity contribution in [1.29, 1.82) is 0 Å². The Balaban J connectivity index is 1.84. The van der Waals surface area contributed by atoms with Gasteiger partial charge in [-0.3, -0.25) is 14.5 Å². The molecule has 0 aliphatic carbocycles. The van der Waals surface area contributed by atoms with Gasteiger partial charge in [0.1, 0.15) is 17.1 Å². The van der Waals surface area contributed by atoms with Gasteiger partial charge in [0.05, 0.1) is 13.7 Å². The van der Waals surface area contributed by atoms with Crippen molar-refractivity contribution in [2.45, 2.75) is 18.9 Å². The molecule has 3 rings (SSSR count). The van der Waals surface area contributed by atoms with Crippen LogP contribution >= 0.6 is 0 Å². The maximum Gasteiger partial charge on any atom is 0.325 e. The van der Waals surface area contributed by atoms with Crippen molar-refractivity contribution >= 4 is 17.7 Å². The van der Waals surface area contributed by atoms with Gasteiger partial charge in [-0.05, 0) is 48.4 Å². The molecule has 2 aromatic rings. The molecule has 0 radical (unpaired) electrons. The highest BCUT2D eigenvalue weighted by molar-refractivity contribution is 6.11. The first-order valence-corrected chi connectivity index (χ1v) is 8.48. The molecular formula is C20H19FN2O4. The van der Waals surface area contributed by atoms with E-state index in [1.807, 2.05) is 0 Å². The predicted molar refractivity (Wildman–Crippen MR) is 95.9 cm³/mol. The van der Waals surface area contributed by atoms with E-state index in [1.54, 1.807) is 31.2 Å². The van der Waals surface area contributed by atoms with Crippen LogP contribution in [0.5, 0.6) is 5.75 Å². The minimum Gasteiger partial charge on any atom is -0.497 e. The Kier molecular flexibility index (Phi) is 4.94. The van der Waals surface area contributed by atoms with Crippen molar-refractivity contribution in [1.82, 2.24) is 10.2 Å². The van der Waals surface area contributed by atoms with Crippen LogP contribution in [0.15, 0.2) is 48.5 Å². The first-order chi connectivity index (χ1) is 12.9. The number of ketones is 1. The van der Waals surface area contributed by atoms with Gasteiger partial charge in [0.2, 0.25) is 0 Å². The highest BCUT2D eigenvalue weighted by atomic mass is 19.1. The van der Waals surface area contributed by atoms with Crippen LogP contribution in [0.2, 0.25) is 0 Å². The molecule has 1 saturated heterocycles. The summed E-state index contributed by atoms with van der Waals surface area (Å²) in [6.07, 6.45) is 0.274. The fourth-order valence-electron chi connectivity index (χ4n) is 3.16. The molecule has 1 aliphatic heterocycles. The van der Waals surface area contributed by atoms with E-state index < -0.39 is 23.3 Å². The number of ether oxygens (including phenoxy) is 1. The van der Waals surface area contributed by atoms with E-state index in [1.165, 1.54) is 31.4 Å². The zero-order valence-corrected chi connectivity index (χ0v) is 15.0. The van der Waals surface area contributed by atoms with Crippen LogP contribution in [0.1, 0.15) is 29.3 Å². The van der Waals surface area contributed by atoms with Crippen LogP contribution in [0.4, 0.5) is 9.18 Å². The monoisotopic (exact) mass is 370 g/mol. The summed E-state index contributed by atoms with van der Waals surface area (Å²) in [4.78, 5) is 38.8. The third kappa shape index (κ3) is 3.28. The molecule has 27 heavy (non-hydrogen) atoms. The molecule has 2 aromatic carbocycles. The third-order valence-corrected chi connectivity index (χ3v) is 4.76. The maximum absolute atomic E-state index is 13.2. The zero-order valence-electron chi connectivity index (χ0n) is 15.0. The molecule has 0 saturated carbocycles. The van der Waals surface area contributed by atoms with E-state index in [0.717, 1.165) is 4.90 Å². The Hall–Kier alpha value is -3.22. The lowest BCUT2D eigenvalue weighted by Gasteiger charge is -2.25. The van der Waals surface area contributed by atoms with E-state index >= 15 is 0 Å². The zero-order chi connectivity index (χ0) is 19.6. The molecule has 0 bridgehead atoms. The van der Waals surface area contributed by atoms with Gasteiger partial charge in [-0.25, -0.2) is 9.18 Å².